The first-order valence-corrected chi connectivity index (χ1v) is 23.5. The Kier molecular flexibility index (Phi) is 10.1. The van der Waals surface area contributed by atoms with Crippen LogP contribution in [0.1, 0.15) is 128 Å². The molecule has 5 heteroatoms. The molecular formula is C61H61BFN2O+. The number of hydrogen-bond acceptors (Lipinski definition) is 1. The lowest BCUT2D eigenvalue weighted by Crippen LogP contribution is -2.41. The lowest BCUT2D eigenvalue weighted by molar-refractivity contribution is -0.332. The van der Waals surface area contributed by atoms with E-state index in [0.29, 0.717) is 0 Å². The summed E-state index contributed by atoms with van der Waals surface area (Å²) in [5.74, 6) is 0. The van der Waals surface area contributed by atoms with E-state index in [0.717, 1.165) is 89.3 Å². The number of halogens is 1. The molecule has 0 spiro atoms. The molecule has 10 rings (SSSR count). The standard InChI is InChI=1S/C61H61BFN2O/c1-58(2,3)43-26-17-38(18-27-43)48-36-51(40-21-30-45(31-22-40)60(7,8)9)64-56(48)55(42-25-34-54-50(35-42)47-15-13-14-16-53(47)66-54)57-49(39-19-28-44(29-20-39)59(4,5)6)37-52(65(57)62(64)63)41-23-32-46(33-24-41)61(10,11)12/h13-37H,1-12H3/q+1. The lowest BCUT2D eigenvalue weighted by Gasteiger charge is -2.25. The summed E-state index contributed by atoms with van der Waals surface area (Å²) in [5.41, 5.74) is 17.8. The largest absolute Gasteiger partial charge is 0.847 e. The molecule has 0 saturated heterocycles. The number of hydrogen-bond donors (Lipinski definition) is 0. The summed E-state index contributed by atoms with van der Waals surface area (Å²) in [6, 6.07) is 52.3. The molecular weight excluding hydrogens is 806 g/mol. The molecule has 2 aromatic heterocycles. The highest BCUT2D eigenvalue weighted by Crippen LogP contribution is 2.49. The SMILES string of the molecule is CC(C)(C)c1ccc(C2=CC(c3ccc(C(C)(C)C)cc3)=[N+]3B(F)n4c(-c5ccc(C(C)(C)C)cc5)cc(-c5ccc(C(C)(C)C)cc5)c4C(c4ccc5oc6ccccc6c5c4)=C23)cc1. The van der Waals surface area contributed by atoms with E-state index in [2.05, 4.69) is 223 Å². The van der Waals surface area contributed by atoms with Crippen LogP contribution < -0.4 is 0 Å². The Labute approximate surface area is 391 Å². The summed E-state index contributed by atoms with van der Waals surface area (Å²) in [4.78, 5) is 0. The zero-order chi connectivity index (χ0) is 46.7. The summed E-state index contributed by atoms with van der Waals surface area (Å²) < 4.78 is 29.5. The summed E-state index contributed by atoms with van der Waals surface area (Å²) in [7, 11) is -1.59. The van der Waals surface area contributed by atoms with Crippen LogP contribution in [-0.4, -0.2) is 21.9 Å². The fourth-order valence-electron chi connectivity index (χ4n) is 9.85. The highest BCUT2D eigenvalue weighted by Gasteiger charge is 2.54. The number of nitrogens with zero attached hydrogens (tertiary/aromatic N) is 2. The first-order valence-electron chi connectivity index (χ1n) is 23.5. The molecule has 4 heterocycles. The number of fused-ring (bicyclic) bond motifs is 5. The predicted octanol–water partition coefficient (Wildman–Crippen LogP) is 16.1. The van der Waals surface area contributed by atoms with E-state index in [4.69, 9.17) is 4.42 Å². The molecule has 330 valence electrons. The average Bonchev–Trinajstić information content (AvgIpc) is 3.98. The molecule has 0 N–H and O–H groups in total. The minimum Gasteiger partial charge on any atom is -0.456 e. The Hall–Kier alpha value is -6.46. The summed E-state index contributed by atoms with van der Waals surface area (Å²) >= 11 is 0. The van der Waals surface area contributed by atoms with Gasteiger partial charge in [0.25, 0.3) is 0 Å². The second kappa shape index (κ2) is 15.3. The Morgan fingerprint density at radius 3 is 1.45 bits per heavy atom. The van der Waals surface area contributed by atoms with Gasteiger partial charge in [0.1, 0.15) is 11.2 Å². The van der Waals surface area contributed by atoms with Crippen LogP contribution >= 0.6 is 0 Å². The van der Waals surface area contributed by atoms with Gasteiger partial charge in [-0.05, 0) is 103 Å². The first kappa shape index (κ1) is 43.4. The van der Waals surface area contributed by atoms with Crippen molar-refractivity contribution in [3.05, 3.63) is 202 Å². The molecule has 2 aliphatic rings. The lowest BCUT2D eigenvalue weighted by atomic mass is 9.82. The molecule has 0 unspecified atom stereocenters. The van der Waals surface area contributed by atoms with Gasteiger partial charge in [0.15, 0.2) is 5.71 Å². The molecule has 0 radical (unpaired) electrons. The monoisotopic (exact) mass is 867 g/mol. The molecule has 0 fully saturated rings. The fourth-order valence-corrected chi connectivity index (χ4v) is 9.85. The van der Waals surface area contributed by atoms with Crippen LogP contribution in [-0.2, 0) is 21.7 Å². The van der Waals surface area contributed by atoms with E-state index < -0.39 is 7.26 Å². The topological polar surface area (TPSA) is 21.1 Å². The van der Waals surface area contributed by atoms with Crippen molar-refractivity contribution in [1.29, 1.82) is 0 Å². The van der Waals surface area contributed by atoms with Crippen molar-refractivity contribution >= 4 is 46.1 Å². The van der Waals surface area contributed by atoms with Crippen LogP contribution in [0.25, 0.3) is 55.5 Å². The summed E-state index contributed by atoms with van der Waals surface area (Å²) in [6.07, 6.45) is 2.23. The minimum atomic E-state index is -1.59. The van der Waals surface area contributed by atoms with Crippen molar-refractivity contribution in [2.45, 2.75) is 105 Å². The fraction of sp³-hybridized carbons (Fsp3) is 0.262. The van der Waals surface area contributed by atoms with Crippen molar-refractivity contribution in [3.63, 3.8) is 0 Å². The van der Waals surface area contributed by atoms with E-state index >= 15 is 4.32 Å². The number of rotatable bonds is 5. The molecule has 2 aliphatic heterocycles. The van der Waals surface area contributed by atoms with Gasteiger partial charge in [0, 0.05) is 33.7 Å². The van der Waals surface area contributed by atoms with Crippen molar-refractivity contribution < 1.29 is 13.2 Å². The van der Waals surface area contributed by atoms with Crippen molar-refractivity contribution in [3.8, 4) is 22.4 Å². The molecule has 0 amide bonds. The third kappa shape index (κ3) is 7.41. The third-order valence-electron chi connectivity index (χ3n) is 13.9. The summed E-state index contributed by atoms with van der Waals surface area (Å²) in [5, 5.41) is 2.08. The minimum absolute atomic E-state index is 0.0253. The van der Waals surface area contributed by atoms with Crippen LogP contribution in [0.15, 0.2) is 162 Å². The van der Waals surface area contributed by atoms with E-state index in [1.807, 2.05) is 21.1 Å². The van der Waals surface area contributed by atoms with Gasteiger partial charge in [-0.15, -0.1) is 0 Å². The Morgan fingerprint density at radius 2 is 0.924 bits per heavy atom. The van der Waals surface area contributed by atoms with Crippen molar-refractivity contribution in [1.82, 2.24) is 4.48 Å². The molecule has 0 atom stereocenters. The Morgan fingerprint density at radius 1 is 0.470 bits per heavy atom. The third-order valence-corrected chi connectivity index (χ3v) is 13.9. The smallest absolute Gasteiger partial charge is 0.456 e. The molecule has 8 aromatic rings. The van der Waals surface area contributed by atoms with Crippen LogP contribution in [0.2, 0.25) is 0 Å². The van der Waals surface area contributed by atoms with E-state index in [-0.39, 0.29) is 21.7 Å². The van der Waals surface area contributed by atoms with E-state index in [1.165, 1.54) is 22.3 Å². The highest BCUT2D eigenvalue weighted by molar-refractivity contribution is 6.46. The highest BCUT2D eigenvalue weighted by atomic mass is 19.1. The van der Waals surface area contributed by atoms with Gasteiger partial charge in [0.2, 0.25) is 5.70 Å². The van der Waals surface area contributed by atoms with E-state index in [9.17, 15) is 0 Å². The van der Waals surface area contributed by atoms with Gasteiger partial charge in [-0.25, -0.2) is 8.80 Å². The normalized spacial score (nSPS) is 14.7. The number of aromatic nitrogens is 1. The molecule has 0 aliphatic carbocycles. The number of benzene rings is 6. The molecule has 66 heavy (non-hydrogen) atoms. The molecule has 0 bridgehead atoms. The van der Waals surface area contributed by atoms with Gasteiger partial charge in [-0.1, -0.05) is 192 Å². The van der Waals surface area contributed by atoms with Crippen LogP contribution in [0.3, 0.4) is 0 Å². The maximum Gasteiger partial charge on any atom is 0.847 e. The number of para-hydroxylation sites is 1. The van der Waals surface area contributed by atoms with Gasteiger partial charge in [-0.2, -0.15) is 0 Å². The first-order chi connectivity index (χ1) is 31.2. The number of furan rings is 1. The van der Waals surface area contributed by atoms with Crippen LogP contribution in [0.5, 0.6) is 0 Å². The maximum atomic E-state index is 19.1. The molecule has 3 nitrogen and oxygen atoms in total. The Balaban J connectivity index is 1.34. The zero-order valence-corrected chi connectivity index (χ0v) is 40.7. The van der Waals surface area contributed by atoms with Crippen molar-refractivity contribution in [2.75, 3.05) is 0 Å². The van der Waals surface area contributed by atoms with Gasteiger partial charge in [-0.3, -0.25) is 4.48 Å². The summed E-state index contributed by atoms with van der Waals surface area (Å²) in [6.45, 7) is 26.9. The number of allylic oxidation sites excluding steroid dienone is 2. The van der Waals surface area contributed by atoms with E-state index in [1.54, 1.807) is 0 Å². The Bertz CT molecular complexity index is 3290. The van der Waals surface area contributed by atoms with Gasteiger partial charge < -0.3 is 4.42 Å². The second-order valence-corrected chi connectivity index (χ2v) is 22.6. The van der Waals surface area contributed by atoms with Crippen LogP contribution in [0, 0.1) is 0 Å². The quantitative estimate of drug-likeness (QED) is 0.158. The van der Waals surface area contributed by atoms with Crippen molar-refractivity contribution in [2.24, 2.45) is 0 Å². The van der Waals surface area contributed by atoms with Gasteiger partial charge >= 0.3 is 7.26 Å². The molecule has 6 aromatic carbocycles. The second-order valence-electron chi connectivity index (χ2n) is 22.6. The predicted molar refractivity (Wildman–Crippen MR) is 277 cm³/mol. The van der Waals surface area contributed by atoms with Crippen LogP contribution in [0.4, 0.5) is 4.32 Å². The van der Waals surface area contributed by atoms with Gasteiger partial charge in [0.05, 0.1) is 16.8 Å². The zero-order valence-electron chi connectivity index (χ0n) is 40.7. The average molecular weight is 868 g/mol. The molecule has 0 saturated carbocycles. The maximum absolute atomic E-state index is 19.1.